The van der Waals surface area contributed by atoms with Crippen LogP contribution in [0.3, 0.4) is 0 Å². The molecule has 4 fully saturated rings. The number of fused-ring (bicyclic) bond motifs is 5. The van der Waals surface area contributed by atoms with Crippen molar-refractivity contribution in [2.45, 2.75) is 124 Å². The lowest BCUT2D eigenvalue weighted by Crippen LogP contribution is -2.68. The van der Waals surface area contributed by atoms with Crippen molar-refractivity contribution in [1.82, 2.24) is 0 Å². The monoisotopic (exact) mass is 492 g/mol. The van der Waals surface area contributed by atoms with Crippen molar-refractivity contribution in [3.63, 3.8) is 0 Å². The Labute approximate surface area is 213 Å². The lowest BCUT2D eigenvalue weighted by atomic mass is 9.35. The molecule has 4 saturated carbocycles. The van der Waals surface area contributed by atoms with E-state index in [2.05, 4.69) is 34.6 Å². The van der Waals surface area contributed by atoms with Crippen molar-refractivity contribution in [3.05, 3.63) is 11.6 Å². The minimum absolute atomic E-state index is 0.0323. The van der Waals surface area contributed by atoms with E-state index < -0.39 is 17.8 Å². The molecule has 35 heavy (non-hydrogen) atoms. The molecule has 1 unspecified atom stereocenters. The molecule has 202 valence electrons. The first-order chi connectivity index (χ1) is 16.1. The maximum atomic E-state index is 11.7. The quantitative estimate of drug-likeness (QED) is 0.365. The average molecular weight is 493 g/mol. The Hall–Kier alpha value is -0.460. The van der Waals surface area contributed by atoms with Crippen molar-refractivity contribution < 1.29 is 25.5 Å². The highest BCUT2D eigenvalue weighted by Gasteiger charge is 2.72. The molecule has 4 aliphatic carbocycles. The van der Waals surface area contributed by atoms with Gasteiger partial charge in [0.1, 0.15) is 0 Å². The molecule has 0 aliphatic heterocycles. The minimum atomic E-state index is -0.992. The van der Waals surface area contributed by atoms with Gasteiger partial charge in [-0.3, -0.25) is 0 Å². The Kier molecular flexibility index (Phi) is 6.93. The van der Waals surface area contributed by atoms with Crippen LogP contribution >= 0.6 is 0 Å². The van der Waals surface area contributed by atoms with E-state index in [-0.39, 0.29) is 52.1 Å². The molecule has 0 saturated heterocycles. The van der Waals surface area contributed by atoms with Crippen LogP contribution in [0.25, 0.3) is 0 Å². The Morgan fingerprint density at radius 1 is 0.943 bits per heavy atom. The zero-order valence-corrected chi connectivity index (χ0v) is 23.2. The summed E-state index contributed by atoms with van der Waals surface area (Å²) in [6.07, 6.45) is 6.91. The van der Waals surface area contributed by atoms with Crippen LogP contribution in [0.4, 0.5) is 0 Å². The molecule has 5 N–H and O–H groups in total. The lowest BCUT2D eigenvalue weighted by Gasteiger charge is -2.70. The highest BCUT2D eigenvalue weighted by atomic mass is 16.3. The summed E-state index contributed by atoms with van der Waals surface area (Å²) in [5.41, 5.74) is -0.776. The van der Waals surface area contributed by atoms with E-state index in [1.807, 2.05) is 19.9 Å². The third-order valence-corrected chi connectivity index (χ3v) is 12.4. The molecular formula is C30H52O5. The lowest BCUT2D eigenvalue weighted by molar-refractivity contribution is -0.258. The van der Waals surface area contributed by atoms with Gasteiger partial charge in [-0.1, -0.05) is 46.3 Å². The molecule has 0 heterocycles. The molecule has 0 aromatic rings. The van der Waals surface area contributed by atoms with Crippen LogP contribution in [0.5, 0.6) is 0 Å². The van der Waals surface area contributed by atoms with Gasteiger partial charge >= 0.3 is 0 Å². The van der Waals surface area contributed by atoms with Gasteiger partial charge in [-0.2, -0.15) is 0 Å². The van der Waals surface area contributed by atoms with E-state index in [1.54, 1.807) is 0 Å². The van der Waals surface area contributed by atoms with Gasteiger partial charge in [-0.15, -0.1) is 0 Å². The number of aliphatic hydroxyl groups is 5. The maximum absolute atomic E-state index is 11.7. The topological polar surface area (TPSA) is 101 Å². The minimum Gasteiger partial charge on any atom is -0.393 e. The molecule has 11 atom stereocenters. The van der Waals surface area contributed by atoms with Gasteiger partial charge in [0.15, 0.2) is 0 Å². The first kappa shape index (κ1) is 27.6. The van der Waals surface area contributed by atoms with Crippen LogP contribution in [-0.2, 0) is 0 Å². The molecule has 5 nitrogen and oxygen atoms in total. The van der Waals surface area contributed by atoms with Gasteiger partial charge in [0, 0.05) is 5.92 Å². The molecule has 0 aromatic heterocycles. The predicted molar refractivity (Wildman–Crippen MR) is 138 cm³/mol. The summed E-state index contributed by atoms with van der Waals surface area (Å²) in [6.45, 7) is 15.2. The first-order valence-electron chi connectivity index (χ1n) is 14.1. The molecule has 0 bridgehead atoms. The van der Waals surface area contributed by atoms with Gasteiger partial charge in [0.2, 0.25) is 0 Å². The van der Waals surface area contributed by atoms with Gasteiger partial charge in [-0.05, 0) is 105 Å². The fourth-order valence-electron chi connectivity index (χ4n) is 10.6. The summed E-state index contributed by atoms with van der Waals surface area (Å²) in [5.74, 6) is 0.484. The molecular weight excluding hydrogens is 440 g/mol. The van der Waals surface area contributed by atoms with Gasteiger partial charge in [-0.25, -0.2) is 0 Å². The number of hydrogen-bond donors (Lipinski definition) is 5. The van der Waals surface area contributed by atoms with Gasteiger partial charge in [0.25, 0.3) is 0 Å². The van der Waals surface area contributed by atoms with E-state index in [9.17, 15) is 25.5 Å². The van der Waals surface area contributed by atoms with Crippen molar-refractivity contribution >= 4 is 0 Å². The Balaban J connectivity index is 1.67. The first-order valence-corrected chi connectivity index (χ1v) is 14.1. The third-order valence-electron chi connectivity index (χ3n) is 12.4. The average Bonchev–Trinajstić information content (AvgIpc) is 3.02. The van der Waals surface area contributed by atoms with Crippen molar-refractivity contribution in [1.29, 1.82) is 0 Å². The smallest absolute Gasteiger partial charge is 0.0678 e. The van der Waals surface area contributed by atoms with E-state index in [0.29, 0.717) is 31.6 Å². The Morgan fingerprint density at radius 3 is 2.20 bits per heavy atom. The van der Waals surface area contributed by atoms with Crippen molar-refractivity contribution in [3.8, 4) is 0 Å². The number of rotatable bonds is 5. The summed E-state index contributed by atoms with van der Waals surface area (Å²) in [7, 11) is 0. The van der Waals surface area contributed by atoms with Crippen molar-refractivity contribution in [2.24, 2.45) is 45.3 Å². The fraction of sp³-hybridized carbons (Fsp3) is 0.933. The molecule has 0 amide bonds. The third kappa shape index (κ3) is 3.90. The largest absolute Gasteiger partial charge is 0.393 e. The second-order valence-corrected chi connectivity index (χ2v) is 14.6. The van der Waals surface area contributed by atoms with Crippen LogP contribution < -0.4 is 0 Å². The summed E-state index contributed by atoms with van der Waals surface area (Å²) in [5, 5.41) is 55.0. The molecule has 0 radical (unpaired) electrons. The molecule has 0 spiro atoms. The summed E-state index contributed by atoms with van der Waals surface area (Å²) < 4.78 is 0. The maximum Gasteiger partial charge on any atom is 0.0678 e. The Morgan fingerprint density at radius 2 is 1.57 bits per heavy atom. The van der Waals surface area contributed by atoms with Crippen molar-refractivity contribution in [2.75, 3.05) is 6.61 Å². The highest BCUT2D eigenvalue weighted by molar-refractivity contribution is 5.21. The normalized spacial score (nSPS) is 51.2. The van der Waals surface area contributed by atoms with E-state index in [0.717, 1.165) is 31.3 Å². The summed E-state index contributed by atoms with van der Waals surface area (Å²) in [6, 6.07) is 0. The fourth-order valence-corrected chi connectivity index (χ4v) is 10.6. The second-order valence-electron chi connectivity index (χ2n) is 14.6. The highest BCUT2D eigenvalue weighted by Crippen LogP contribution is 2.75. The van der Waals surface area contributed by atoms with E-state index in [4.69, 9.17) is 0 Å². The van der Waals surface area contributed by atoms with Gasteiger partial charge in [0.05, 0.1) is 30.5 Å². The second kappa shape index (κ2) is 8.80. The zero-order chi connectivity index (χ0) is 26.2. The molecule has 5 heteroatoms. The number of aliphatic hydroxyl groups excluding tert-OH is 4. The SMILES string of the molecule is C/C(=C/CC[C@](C)(O)[C@H]1[C@H](O)C[C@]2(C)[C@@H]1CC[C@@H]1[C@@]3(C)CC[C@H](O)C(C)(C)C3[C@@H](O)C[C@]12C)CO. The molecule has 4 rings (SSSR count). The Bertz CT molecular complexity index is 835. The van der Waals surface area contributed by atoms with E-state index >= 15 is 0 Å². The van der Waals surface area contributed by atoms with Crippen LogP contribution in [0.1, 0.15) is 99.8 Å². The standard InChI is InChI=1S/C30H52O5/c1-18(17-31)9-8-13-30(7,35)24-19-10-11-22-27(4)14-12-23(34)26(2,3)25(27)21(33)16-29(22,6)28(19,5)15-20(24)32/h9,19-25,31-35H,8,10-17H2,1-7H3/b18-9-/t19-,20-,21+,22-,23+,24-,25?,27-,28-,29-,30+/m1/s1. The van der Waals surface area contributed by atoms with E-state index in [1.165, 1.54) is 0 Å². The van der Waals surface area contributed by atoms with Crippen LogP contribution in [0.15, 0.2) is 11.6 Å². The number of hydrogen-bond acceptors (Lipinski definition) is 5. The molecule has 0 aromatic carbocycles. The van der Waals surface area contributed by atoms with Crippen LogP contribution in [0.2, 0.25) is 0 Å². The molecule has 4 aliphatic rings. The number of allylic oxidation sites excluding steroid dienone is 1. The summed E-state index contributed by atoms with van der Waals surface area (Å²) >= 11 is 0. The predicted octanol–water partition coefficient (Wildman–Crippen LogP) is 4.44. The summed E-state index contributed by atoms with van der Waals surface area (Å²) in [4.78, 5) is 0. The van der Waals surface area contributed by atoms with Crippen LogP contribution in [0, 0.1) is 45.3 Å². The van der Waals surface area contributed by atoms with Gasteiger partial charge < -0.3 is 25.5 Å². The van der Waals surface area contributed by atoms with Crippen LogP contribution in [-0.4, -0.2) is 56.1 Å². The zero-order valence-electron chi connectivity index (χ0n) is 23.2.